The van der Waals surface area contributed by atoms with Crippen LogP contribution in [0.5, 0.6) is 0 Å². The van der Waals surface area contributed by atoms with Crippen molar-refractivity contribution in [1.82, 2.24) is 40.0 Å². The Labute approximate surface area is 225 Å². The summed E-state index contributed by atoms with van der Waals surface area (Å²) in [6.07, 6.45) is 9.51. The van der Waals surface area contributed by atoms with Crippen LogP contribution in [0.15, 0.2) is 55.4 Å². The number of ether oxygens (including phenoxy) is 1. The standard InChI is InChI=1S/C26H30FN11O/c27-21-3-1-2-19(11-21)10-20-12-29-25(30-13-20)36-5-7-37(8-6-36)26-32-18-31-24(35-26)34-22-14-33-38(16-22)17-23-15-28-4-9-39-23/h1-3,11-14,16,18,23,28H,4-10,15,17H2,(H,31,32,34,35). The van der Waals surface area contributed by atoms with Crippen LogP contribution in [0.1, 0.15) is 11.1 Å². The van der Waals surface area contributed by atoms with Gasteiger partial charge in [-0.25, -0.2) is 24.3 Å². The van der Waals surface area contributed by atoms with Gasteiger partial charge in [0, 0.05) is 64.3 Å². The lowest BCUT2D eigenvalue weighted by Gasteiger charge is -2.34. The number of rotatable bonds is 8. The summed E-state index contributed by atoms with van der Waals surface area (Å²) >= 11 is 0. The fraction of sp³-hybridized carbons (Fsp3) is 0.385. The van der Waals surface area contributed by atoms with Gasteiger partial charge in [-0.2, -0.15) is 10.1 Å². The highest BCUT2D eigenvalue weighted by Crippen LogP contribution is 2.18. The second-order valence-corrected chi connectivity index (χ2v) is 9.55. The van der Waals surface area contributed by atoms with E-state index in [0.29, 0.717) is 30.8 Å². The molecule has 3 aromatic heterocycles. The topological polar surface area (TPSA) is 122 Å². The number of benzene rings is 1. The summed E-state index contributed by atoms with van der Waals surface area (Å²) in [6.45, 7) is 6.04. The zero-order valence-corrected chi connectivity index (χ0v) is 21.4. The number of anilines is 4. The second-order valence-electron chi connectivity index (χ2n) is 9.55. The van der Waals surface area contributed by atoms with Crippen LogP contribution in [-0.4, -0.2) is 86.7 Å². The van der Waals surface area contributed by atoms with Crippen LogP contribution in [0, 0.1) is 5.82 Å². The van der Waals surface area contributed by atoms with Crippen molar-refractivity contribution < 1.29 is 9.13 Å². The van der Waals surface area contributed by atoms with Gasteiger partial charge >= 0.3 is 0 Å². The van der Waals surface area contributed by atoms with Gasteiger partial charge in [0.05, 0.1) is 31.1 Å². The van der Waals surface area contributed by atoms with Crippen molar-refractivity contribution in [2.45, 2.75) is 19.1 Å². The van der Waals surface area contributed by atoms with Crippen molar-refractivity contribution in [3.63, 3.8) is 0 Å². The molecule has 12 nitrogen and oxygen atoms in total. The number of morpholine rings is 1. The molecule has 2 saturated heterocycles. The second kappa shape index (κ2) is 11.7. The third kappa shape index (κ3) is 6.44. The third-order valence-electron chi connectivity index (χ3n) is 6.68. The molecule has 1 aromatic carbocycles. The summed E-state index contributed by atoms with van der Waals surface area (Å²) in [4.78, 5) is 26.6. The third-order valence-corrected chi connectivity index (χ3v) is 6.68. The molecule has 0 aliphatic carbocycles. The fourth-order valence-corrected chi connectivity index (χ4v) is 4.69. The average molecular weight is 532 g/mol. The molecule has 4 aromatic rings. The molecule has 1 unspecified atom stereocenters. The van der Waals surface area contributed by atoms with Crippen molar-refractivity contribution >= 4 is 23.5 Å². The maximum absolute atomic E-state index is 13.5. The van der Waals surface area contributed by atoms with Crippen molar-refractivity contribution in [2.75, 3.05) is 61.0 Å². The van der Waals surface area contributed by atoms with E-state index in [1.54, 1.807) is 12.3 Å². The Hall–Kier alpha value is -4.23. The molecule has 13 heteroatoms. The zero-order chi connectivity index (χ0) is 26.4. The minimum Gasteiger partial charge on any atom is -0.374 e. The molecule has 6 rings (SSSR count). The fourth-order valence-electron chi connectivity index (χ4n) is 4.69. The monoisotopic (exact) mass is 531 g/mol. The highest BCUT2D eigenvalue weighted by atomic mass is 19.1. The Morgan fingerprint density at radius 1 is 0.974 bits per heavy atom. The largest absolute Gasteiger partial charge is 0.374 e. The summed E-state index contributed by atoms with van der Waals surface area (Å²) in [7, 11) is 0. The van der Waals surface area contributed by atoms with Gasteiger partial charge in [-0.3, -0.25) is 4.68 Å². The van der Waals surface area contributed by atoms with E-state index < -0.39 is 0 Å². The van der Waals surface area contributed by atoms with Gasteiger partial charge in [0.2, 0.25) is 17.8 Å². The van der Waals surface area contributed by atoms with E-state index in [2.05, 4.69) is 50.5 Å². The van der Waals surface area contributed by atoms with Crippen LogP contribution in [0.4, 0.5) is 27.9 Å². The summed E-state index contributed by atoms with van der Waals surface area (Å²) in [5.74, 6) is 1.53. The van der Waals surface area contributed by atoms with Gasteiger partial charge in [-0.1, -0.05) is 12.1 Å². The van der Waals surface area contributed by atoms with Gasteiger partial charge in [-0.05, 0) is 23.3 Å². The predicted octanol–water partition coefficient (Wildman–Crippen LogP) is 1.65. The maximum Gasteiger partial charge on any atom is 0.232 e. The van der Waals surface area contributed by atoms with E-state index >= 15 is 0 Å². The predicted molar refractivity (Wildman–Crippen MR) is 144 cm³/mol. The Kier molecular flexibility index (Phi) is 7.50. The molecular formula is C26H30FN11O. The van der Waals surface area contributed by atoms with Crippen LogP contribution in [0.2, 0.25) is 0 Å². The van der Waals surface area contributed by atoms with Crippen LogP contribution >= 0.6 is 0 Å². The summed E-state index contributed by atoms with van der Waals surface area (Å²) in [5.41, 5.74) is 2.64. The van der Waals surface area contributed by atoms with Crippen LogP contribution in [-0.2, 0) is 17.7 Å². The minimum atomic E-state index is -0.238. The Bertz CT molecular complexity index is 1370. The van der Waals surface area contributed by atoms with E-state index in [-0.39, 0.29) is 11.9 Å². The van der Waals surface area contributed by atoms with Gasteiger partial charge in [-0.15, -0.1) is 0 Å². The van der Waals surface area contributed by atoms with Gasteiger partial charge in [0.1, 0.15) is 12.1 Å². The lowest BCUT2D eigenvalue weighted by Crippen LogP contribution is -2.47. The first-order valence-corrected chi connectivity index (χ1v) is 13.0. The van der Waals surface area contributed by atoms with Crippen molar-refractivity contribution in [1.29, 1.82) is 0 Å². The average Bonchev–Trinajstić information content (AvgIpc) is 3.41. The normalized spacial score (nSPS) is 17.8. The smallest absolute Gasteiger partial charge is 0.232 e. The summed E-state index contributed by atoms with van der Waals surface area (Å²) < 4.78 is 21.1. The highest BCUT2D eigenvalue weighted by molar-refractivity contribution is 5.51. The first kappa shape index (κ1) is 25.1. The molecule has 0 radical (unpaired) electrons. The summed E-state index contributed by atoms with van der Waals surface area (Å²) in [5, 5.41) is 11.0. The lowest BCUT2D eigenvalue weighted by molar-refractivity contribution is 0.0161. The van der Waals surface area contributed by atoms with E-state index in [9.17, 15) is 4.39 Å². The van der Waals surface area contributed by atoms with E-state index in [1.165, 1.54) is 18.5 Å². The maximum atomic E-state index is 13.5. The van der Waals surface area contributed by atoms with Gasteiger partial charge in [0.15, 0.2) is 0 Å². The Balaban J connectivity index is 1.02. The number of piperazine rings is 1. The highest BCUT2D eigenvalue weighted by Gasteiger charge is 2.21. The Morgan fingerprint density at radius 3 is 2.56 bits per heavy atom. The molecule has 2 aliphatic heterocycles. The zero-order valence-electron chi connectivity index (χ0n) is 21.4. The molecule has 2 aliphatic rings. The number of nitrogens with zero attached hydrogens (tertiary/aromatic N) is 9. The molecule has 2 N–H and O–H groups in total. The molecule has 0 saturated carbocycles. The first-order chi connectivity index (χ1) is 19.2. The van der Waals surface area contributed by atoms with E-state index in [0.717, 1.165) is 62.7 Å². The summed E-state index contributed by atoms with van der Waals surface area (Å²) in [6, 6.07) is 6.59. The molecular weight excluding hydrogens is 501 g/mol. The van der Waals surface area contributed by atoms with Gasteiger partial charge in [0.25, 0.3) is 0 Å². The molecule has 0 bridgehead atoms. The van der Waals surface area contributed by atoms with Crippen molar-refractivity contribution in [2.24, 2.45) is 0 Å². The van der Waals surface area contributed by atoms with Gasteiger partial charge < -0.3 is 25.2 Å². The number of aromatic nitrogens is 7. The first-order valence-electron chi connectivity index (χ1n) is 13.0. The van der Waals surface area contributed by atoms with E-state index in [1.807, 2.05) is 29.3 Å². The molecule has 0 spiro atoms. The lowest BCUT2D eigenvalue weighted by atomic mass is 10.1. The molecule has 39 heavy (non-hydrogen) atoms. The SMILES string of the molecule is Fc1cccc(Cc2cnc(N3CCN(c4ncnc(Nc5cnn(CC6CNCCO6)c5)n4)CC3)nc2)c1. The molecule has 5 heterocycles. The van der Waals surface area contributed by atoms with Crippen LogP contribution in [0.25, 0.3) is 0 Å². The van der Waals surface area contributed by atoms with Crippen LogP contribution < -0.4 is 20.4 Å². The number of hydrogen-bond acceptors (Lipinski definition) is 11. The molecule has 2 fully saturated rings. The quantitative estimate of drug-likeness (QED) is 0.345. The van der Waals surface area contributed by atoms with Crippen LogP contribution in [0.3, 0.4) is 0 Å². The number of nitrogens with one attached hydrogen (secondary N) is 2. The van der Waals surface area contributed by atoms with E-state index in [4.69, 9.17) is 4.74 Å². The molecule has 1 atom stereocenters. The molecule has 202 valence electrons. The van der Waals surface area contributed by atoms with Crippen molar-refractivity contribution in [3.05, 3.63) is 72.3 Å². The number of halogens is 1. The minimum absolute atomic E-state index is 0.109. The number of hydrogen-bond donors (Lipinski definition) is 2. The molecule has 0 amide bonds. The Morgan fingerprint density at radius 2 is 1.79 bits per heavy atom. The van der Waals surface area contributed by atoms with Crippen molar-refractivity contribution in [3.8, 4) is 0 Å².